The topological polar surface area (TPSA) is 72.6 Å². The number of hydrogen-bond donors (Lipinski definition) is 2. The predicted octanol–water partition coefficient (Wildman–Crippen LogP) is 1.18. The van der Waals surface area contributed by atoms with Crippen molar-refractivity contribution in [2.24, 2.45) is 11.7 Å². The Balaban J connectivity index is 2.01. The van der Waals surface area contributed by atoms with E-state index < -0.39 is 12.0 Å². The lowest BCUT2D eigenvalue weighted by atomic mass is 9.95. The third-order valence-corrected chi connectivity index (χ3v) is 2.99. The first-order valence-electron chi connectivity index (χ1n) is 5.33. The number of ether oxygens (including phenoxy) is 1. The monoisotopic (exact) mass is 221 g/mol. The van der Waals surface area contributed by atoms with Crippen LogP contribution in [0.1, 0.15) is 18.1 Å². The Morgan fingerprint density at radius 2 is 2.12 bits per heavy atom. The number of carboxylic acids is 1. The molecule has 4 heteroatoms. The number of carbonyl (C=O) groups is 1. The van der Waals surface area contributed by atoms with Gasteiger partial charge in [-0.1, -0.05) is 30.3 Å². The van der Waals surface area contributed by atoms with Gasteiger partial charge in [0.25, 0.3) is 0 Å². The highest BCUT2D eigenvalue weighted by atomic mass is 16.5. The quantitative estimate of drug-likeness (QED) is 0.803. The predicted molar refractivity (Wildman–Crippen MR) is 58.9 cm³/mol. The minimum absolute atomic E-state index is 0.0170. The van der Waals surface area contributed by atoms with Crippen LogP contribution in [0, 0.1) is 5.92 Å². The zero-order valence-corrected chi connectivity index (χ0v) is 8.87. The maximum atomic E-state index is 10.7. The van der Waals surface area contributed by atoms with E-state index in [-0.39, 0.29) is 12.0 Å². The largest absolute Gasteiger partial charge is 0.480 e. The molecule has 1 aromatic carbocycles. The first kappa shape index (κ1) is 11.1. The van der Waals surface area contributed by atoms with Gasteiger partial charge in [0.2, 0.25) is 0 Å². The number of carboxylic acid groups (broad SMARTS) is 1. The number of benzene rings is 1. The Hall–Kier alpha value is -1.39. The van der Waals surface area contributed by atoms with E-state index in [0.717, 1.165) is 5.56 Å². The molecule has 0 radical (unpaired) electrons. The van der Waals surface area contributed by atoms with Crippen molar-refractivity contribution in [2.75, 3.05) is 6.61 Å². The average molecular weight is 221 g/mol. The molecule has 4 nitrogen and oxygen atoms in total. The molecule has 3 atom stereocenters. The molecule has 16 heavy (non-hydrogen) atoms. The van der Waals surface area contributed by atoms with E-state index >= 15 is 0 Å². The fraction of sp³-hybridized carbons (Fsp3) is 0.417. The molecule has 0 aliphatic carbocycles. The average Bonchev–Trinajstić information content (AvgIpc) is 2.78. The van der Waals surface area contributed by atoms with Crippen LogP contribution >= 0.6 is 0 Å². The van der Waals surface area contributed by atoms with Crippen LogP contribution in [0.25, 0.3) is 0 Å². The van der Waals surface area contributed by atoms with Crippen LogP contribution in [-0.4, -0.2) is 23.7 Å². The number of aliphatic carboxylic acids is 1. The summed E-state index contributed by atoms with van der Waals surface area (Å²) in [6.45, 7) is 0.424. The molecule has 2 rings (SSSR count). The normalized spacial score (nSPS) is 26.6. The Morgan fingerprint density at radius 1 is 1.44 bits per heavy atom. The van der Waals surface area contributed by atoms with E-state index in [9.17, 15) is 4.79 Å². The fourth-order valence-corrected chi connectivity index (χ4v) is 2.00. The van der Waals surface area contributed by atoms with Gasteiger partial charge < -0.3 is 15.6 Å². The van der Waals surface area contributed by atoms with Crippen molar-refractivity contribution in [3.63, 3.8) is 0 Å². The van der Waals surface area contributed by atoms with Crippen molar-refractivity contribution in [3.8, 4) is 0 Å². The third-order valence-electron chi connectivity index (χ3n) is 2.99. The molecule has 1 aliphatic heterocycles. The molecule has 1 fully saturated rings. The van der Waals surface area contributed by atoms with Gasteiger partial charge in [-0.3, -0.25) is 4.79 Å². The van der Waals surface area contributed by atoms with E-state index in [2.05, 4.69) is 0 Å². The summed E-state index contributed by atoms with van der Waals surface area (Å²) in [7, 11) is 0. The minimum atomic E-state index is -0.956. The van der Waals surface area contributed by atoms with Crippen LogP contribution in [0.5, 0.6) is 0 Å². The van der Waals surface area contributed by atoms with Crippen LogP contribution in [-0.2, 0) is 9.53 Å². The Kier molecular flexibility index (Phi) is 3.22. The van der Waals surface area contributed by atoms with Crippen LogP contribution < -0.4 is 5.73 Å². The summed E-state index contributed by atoms with van der Waals surface area (Å²) < 4.78 is 5.58. The van der Waals surface area contributed by atoms with Gasteiger partial charge in [-0.2, -0.15) is 0 Å². The van der Waals surface area contributed by atoms with Gasteiger partial charge in [0.1, 0.15) is 6.04 Å². The summed E-state index contributed by atoms with van der Waals surface area (Å²) >= 11 is 0. The van der Waals surface area contributed by atoms with Crippen molar-refractivity contribution >= 4 is 5.97 Å². The molecule has 1 aliphatic rings. The summed E-state index contributed by atoms with van der Waals surface area (Å²) in [5.41, 5.74) is 6.67. The second-order valence-electron chi connectivity index (χ2n) is 4.09. The standard InChI is InChI=1S/C12H15NO3/c13-11(12(14)15)9-6-10(16-7-9)8-4-2-1-3-5-8/h1-5,9-11H,6-7,13H2,(H,14,15)/t9-,10+,11+/m0/s1. The van der Waals surface area contributed by atoms with Gasteiger partial charge in [0, 0.05) is 5.92 Å². The molecular formula is C12H15NO3. The van der Waals surface area contributed by atoms with E-state index in [1.54, 1.807) is 0 Å². The third kappa shape index (κ3) is 2.23. The van der Waals surface area contributed by atoms with Crippen molar-refractivity contribution in [3.05, 3.63) is 35.9 Å². The molecular weight excluding hydrogens is 206 g/mol. The van der Waals surface area contributed by atoms with E-state index in [1.807, 2.05) is 30.3 Å². The van der Waals surface area contributed by atoms with Crippen molar-refractivity contribution in [1.82, 2.24) is 0 Å². The smallest absolute Gasteiger partial charge is 0.320 e. The molecule has 0 unspecified atom stereocenters. The molecule has 0 spiro atoms. The summed E-state index contributed by atoms with van der Waals surface area (Å²) in [4.78, 5) is 10.7. The van der Waals surface area contributed by atoms with Crippen molar-refractivity contribution < 1.29 is 14.6 Å². The Morgan fingerprint density at radius 3 is 2.75 bits per heavy atom. The second-order valence-corrected chi connectivity index (χ2v) is 4.09. The summed E-state index contributed by atoms with van der Waals surface area (Å²) in [5, 5.41) is 8.82. The number of nitrogens with two attached hydrogens (primary N) is 1. The lowest BCUT2D eigenvalue weighted by molar-refractivity contribution is -0.139. The molecule has 86 valence electrons. The van der Waals surface area contributed by atoms with Gasteiger partial charge in [0.05, 0.1) is 12.7 Å². The van der Waals surface area contributed by atoms with Crippen LogP contribution in [0.2, 0.25) is 0 Å². The van der Waals surface area contributed by atoms with Gasteiger partial charge in [-0.15, -0.1) is 0 Å². The van der Waals surface area contributed by atoms with Gasteiger partial charge >= 0.3 is 5.97 Å². The first-order valence-corrected chi connectivity index (χ1v) is 5.33. The summed E-state index contributed by atoms with van der Waals surface area (Å²) in [5.74, 6) is -1.05. The van der Waals surface area contributed by atoms with Crippen LogP contribution in [0.15, 0.2) is 30.3 Å². The maximum absolute atomic E-state index is 10.7. The Bertz CT molecular complexity index is 366. The zero-order valence-electron chi connectivity index (χ0n) is 8.87. The van der Waals surface area contributed by atoms with Gasteiger partial charge in [-0.25, -0.2) is 0 Å². The SMILES string of the molecule is N[C@@H](C(=O)O)[C@@H]1CO[C@@H](c2ccccc2)C1. The summed E-state index contributed by atoms with van der Waals surface area (Å²) in [6, 6.07) is 8.98. The first-order chi connectivity index (χ1) is 7.68. The number of hydrogen-bond acceptors (Lipinski definition) is 3. The highest BCUT2D eigenvalue weighted by molar-refractivity contribution is 5.73. The van der Waals surface area contributed by atoms with E-state index in [0.29, 0.717) is 13.0 Å². The van der Waals surface area contributed by atoms with Crippen molar-refractivity contribution in [1.29, 1.82) is 0 Å². The lowest BCUT2D eigenvalue weighted by Crippen LogP contribution is -2.38. The molecule has 1 saturated heterocycles. The van der Waals surface area contributed by atoms with Gasteiger partial charge in [-0.05, 0) is 12.0 Å². The zero-order chi connectivity index (χ0) is 11.5. The minimum Gasteiger partial charge on any atom is -0.480 e. The van der Waals surface area contributed by atoms with E-state index in [1.165, 1.54) is 0 Å². The summed E-state index contributed by atoms with van der Waals surface area (Å²) in [6.07, 6.45) is 0.661. The molecule has 1 aromatic rings. The van der Waals surface area contributed by atoms with Crippen LogP contribution in [0.4, 0.5) is 0 Å². The van der Waals surface area contributed by atoms with Crippen LogP contribution in [0.3, 0.4) is 0 Å². The van der Waals surface area contributed by atoms with Gasteiger partial charge in [0.15, 0.2) is 0 Å². The fourth-order valence-electron chi connectivity index (χ4n) is 2.00. The molecule has 0 aromatic heterocycles. The van der Waals surface area contributed by atoms with Crippen molar-refractivity contribution in [2.45, 2.75) is 18.6 Å². The highest BCUT2D eigenvalue weighted by Crippen LogP contribution is 2.33. The molecule has 0 amide bonds. The lowest BCUT2D eigenvalue weighted by Gasteiger charge is -2.12. The Labute approximate surface area is 94.0 Å². The van der Waals surface area contributed by atoms with E-state index in [4.69, 9.17) is 15.6 Å². The molecule has 1 heterocycles. The molecule has 3 N–H and O–H groups in total. The number of rotatable bonds is 3. The second kappa shape index (κ2) is 4.63. The molecule has 0 bridgehead atoms. The maximum Gasteiger partial charge on any atom is 0.320 e. The molecule has 0 saturated carbocycles. The highest BCUT2D eigenvalue weighted by Gasteiger charge is 2.33.